The minimum Gasteiger partial charge on any atom is -0.454 e. The highest BCUT2D eigenvalue weighted by atomic mass is 35.5. The van der Waals surface area contributed by atoms with Gasteiger partial charge in [-0.05, 0) is 90.0 Å². The van der Waals surface area contributed by atoms with Gasteiger partial charge in [-0.2, -0.15) is 5.10 Å². The molecule has 1 heterocycles. The number of amides is 2. The van der Waals surface area contributed by atoms with Crippen LogP contribution in [0.15, 0.2) is 108 Å². The number of fused-ring (bicyclic) bond motifs is 1. The lowest BCUT2D eigenvalue weighted by atomic mass is 10.1. The van der Waals surface area contributed by atoms with Crippen molar-refractivity contribution >= 4 is 41.7 Å². The zero-order valence-electron chi connectivity index (χ0n) is 21.4. The quantitative estimate of drug-likeness (QED) is 0.0993. The Bertz CT molecular complexity index is 1640. The molecule has 0 saturated heterocycles. The van der Waals surface area contributed by atoms with Gasteiger partial charge in [-0.15, -0.1) is 0 Å². The Labute approximate surface area is 240 Å². The monoisotopic (exact) mass is 567 g/mol. The van der Waals surface area contributed by atoms with Crippen LogP contribution in [0.5, 0.6) is 17.2 Å². The van der Waals surface area contributed by atoms with Crippen LogP contribution in [0.1, 0.15) is 31.8 Å². The minimum atomic E-state index is -0.642. The Balaban J connectivity index is 1.26. The van der Waals surface area contributed by atoms with Crippen LogP contribution >= 0.6 is 11.6 Å². The van der Waals surface area contributed by atoms with E-state index in [0.29, 0.717) is 44.5 Å². The van der Waals surface area contributed by atoms with E-state index < -0.39 is 17.8 Å². The van der Waals surface area contributed by atoms with E-state index in [0.717, 1.165) is 0 Å². The van der Waals surface area contributed by atoms with Crippen molar-refractivity contribution in [2.45, 2.75) is 0 Å². The third-order valence-electron chi connectivity index (χ3n) is 5.79. The summed E-state index contributed by atoms with van der Waals surface area (Å²) < 4.78 is 16.1. The molecule has 0 bridgehead atoms. The highest BCUT2D eigenvalue weighted by Crippen LogP contribution is 2.33. The van der Waals surface area contributed by atoms with Crippen LogP contribution in [0.2, 0.25) is 5.02 Å². The van der Waals surface area contributed by atoms with Crippen LogP contribution < -0.4 is 25.0 Å². The lowest BCUT2D eigenvalue weighted by Crippen LogP contribution is -2.32. The van der Waals surface area contributed by atoms with Gasteiger partial charge in [-0.1, -0.05) is 35.9 Å². The first-order chi connectivity index (χ1) is 19.9. The van der Waals surface area contributed by atoms with E-state index >= 15 is 0 Å². The Hall–Kier alpha value is -5.41. The maximum Gasteiger partial charge on any atom is 0.343 e. The first-order valence-corrected chi connectivity index (χ1v) is 12.7. The molecule has 4 aromatic rings. The molecule has 0 aliphatic carbocycles. The molecular formula is C31H22ClN3O6. The molecule has 0 unspecified atom stereocenters. The summed E-state index contributed by atoms with van der Waals surface area (Å²) in [7, 11) is 0. The molecule has 0 aromatic heterocycles. The molecule has 2 amide bonds. The average Bonchev–Trinajstić information content (AvgIpc) is 3.46. The van der Waals surface area contributed by atoms with Gasteiger partial charge in [-0.25, -0.2) is 10.2 Å². The van der Waals surface area contributed by atoms with E-state index in [1.807, 2.05) is 0 Å². The van der Waals surface area contributed by atoms with E-state index in [-0.39, 0.29) is 12.5 Å². The molecule has 0 atom stereocenters. The largest absolute Gasteiger partial charge is 0.454 e. The Morgan fingerprint density at radius 2 is 1.51 bits per heavy atom. The molecule has 1 aliphatic rings. The van der Waals surface area contributed by atoms with Crippen LogP contribution in [-0.4, -0.2) is 30.8 Å². The van der Waals surface area contributed by atoms with Gasteiger partial charge < -0.3 is 19.5 Å². The van der Waals surface area contributed by atoms with Crippen molar-refractivity contribution in [2.24, 2.45) is 5.10 Å². The zero-order valence-corrected chi connectivity index (χ0v) is 22.1. The normalized spacial score (nSPS) is 12.2. The molecule has 204 valence electrons. The molecule has 2 N–H and O–H groups in total. The van der Waals surface area contributed by atoms with E-state index in [2.05, 4.69) is 15.8 Å². The molecule has 0 radical (unpaired) electrons. The molecule has 9 nitrogen and oxygen atoms in total. The number of ether oxygens (including phenoxy) is 3. The maximum absolute atomic E-state index is 13.0. The number of carbonyl (C=O) groups is 3. The summed E-state index contributed by atoms with van der Waals surface area (Å²) in [5, 5.41) is 7.18. The fourth-order valence-corrected chi connectivity index (χ4v) is 3.84. The van der Waals surface area contributed by atoms with Crippen molar-refractivity contribution in [3.8, 4) is 17.2 Å². The van der Waals surface area contributed by atoms with Crippen LogP contribution in [-0.2, 0) is 4.79 Å². The summed E-state index contributed by atoms with van der Waals surface area (Å²) >= 11 is 5.85. The first-order valence-electron chi connectivity index (χ1n) is 12.3. The second-order valence-electron chi connectivity index (χ2n) is 8.66. The number of hydrogen-bond acceptors (Lipinski definition) is 7. The van der Waals surface area contributed by atoms with E-state index in [1.165, 1.54) is 12.3 Å². The number of nitrogens with zero attached hydrogens (tertiary/aromatic N) is 1. The maximum atomic E-state index is 13.0. The van der Waals surface area contributed by atoms with E-state index in [4.69, 9.17) is 25.8 Å². The van der Waals surface area contributed by atoms with Crippen molar-refractivity contribution in [3.63, 3.8) is 0 Å². The van der Waals surface area contributed by atoms with Crippen LogP contribution in [0, 0.1) is 0 Å². The lowest BCUT2D eigenvalue weighted by molar-refractivity contribution is -0.117. The van der Waals surface area contributed by atoms with Gasteiger partial charge in [0.05, 0.1) is 11.8 Å². The number of benzene rings is 4. The van der Waals surface area contributed by atoms with Crippen LogP contribution in [0.3, 0.4) is 0 Å². The number of rotatable bonds is 8. The van der Waals surface area contributed by atoms with Crippen LogP contribution in [0.4, 0.5) is 0 Å². The number of carbonyl (C=O) groups excluding carboxylic acids is 3. The molecule has 10 heteroatoms. The van der Waals surface area contributed by atoms with E-state index in [1.54, 1.807) is 97.1 Å². The fraction of sp³-hybridized carbons (Fsp3) is 0.0323. The Morgan fingerprint density at radius 1 is 0.805 bits per heavy atom. The second-order valence-corrected chi connectivity index (χ2v) is 9.09. The molecule has 41 heavy (non-hydrogen) atoms. The number of esters is 1. The van der Waals surface area contributed by atoms with Gasteiger partial charge >= 0.3 is 5.97 Å². The molecule has 0 fully saturated rings. The predicted octanol–water partition coefficient (Wildman–Crippen LogP) is 5.21. The van der Waals surface area contributed by atoms with Crippen molar-refractivity contribution in [2.75, 3.05) is 6.79 Å². The van der Waals surface area contributed by atoms with Gasteiger partial charge in [0, 0.05) is 10.6 Å². The summed E-state index contributed by atoms with van der Waals surface area (Å²) in [6, 6.07) is 26.6. The summed E-state index contributed by atoms with van der Waals surface area (Å²) in [6.45, 7) is 0.112. The average molecular weight is 568 g/mol. The second kappa shape index (κ2) is 12.6. The Kier molecular flexibility index (Phi) is 8.37. The number of hydrogen-bond donors (Lipinski definition) is 2. The molecular weight excluding hydrogens is 546 g/mol. The summed E-state index contributed by atoms with van der Waals surface area (Å²) in [4.78, 5) is 38.1. The summed E-state index contributed by atoms with van der Waals surface area (Å²) in [5.41, 5.74) is 4.40. The van der Waals surface area contributed by atoms with Crippen molar-refractivity contribution < 1.29 is 28.6 Å². The number of hydrazone groups is 1. The third-order valence-corrected chi connectivity index (χ3v) is 6.04. The number of nitrogens with one attached hydrogen (secondary N) is 2. The Morgan fingerprint density at radius 3 is 2.27 bits per heavy atom. The molecule has 0 saturated carbocycles. The van der Waals surface area contributed by atoms with Gasteiger partial charge in [0.15, 0.2) is 11.5 Å². The predicted molar refractivity (Wildman–Crippen MR) is 153 cm³/mol. The van der Waals surface area contributed by atoms with E-state index in [9.17, 15) is 14.4 Å². The van der Waals surface area contributed by atoms with Crippen LogP contribution in [0.25, 0.3) is 6.08 Å². The van der Waals surface area contributed by atoms with Crippen molar-refractivity contribution in [1.29, 1.82) is 0 Å². The van der Waals surface area contributed by atoms with Gasteiger partial charge in [0.1, 0.15) is 11.4 Å². The summed E-state index contributed by atoms with van der Waals surface area (Å²) in [6.07, 6.45) is 2.93. The molecule has 1 aliphatic heterocycles. The molecule has 5 rings (SSSR count). The van der Waals surface area contributed by atoms with Crippen molar-refractivity contribution in [3.05, 3.63) is 130 Å². The lowest BCUT2D eigenvalue weighted by Gasteiger charge is -2.09. The van der Waals surface area contributed by atoms with Gasteiger partial charge in [-0.3, -0.25) is 9.59 Å². The number of halogens is 1. The smallest absolute Gasteiger partial charge is 0.343 e. The fourth-order valence-electron chi connectivity index (χ4n) is 3.71. The molecule has 0 spiro atoms. The topological polar surface area (TPSA) is 115 Å². The molecule has 4 aromatic carbocycles. The standard InChI is InChI=1S/C31H22ClN3O6/c32-24-11-9-23(10-12-24)31(38)41-25-13-6-20(7-14-25)18-33-35-30(37)26(34-29(36)22-4-2-1-3-5-22)16-21-8-15-27-28(17-21)40-19-39-27/h1-18H,19H2,(H,34,36)(H,35,37)/b26-16+,33-18-. The highest BCUT2D eigenvalue weighted by Gasteiger charge is 2.17. The van der Waals surface area contributed by atoms with Gasteiger partial charge in [0.2, 0.25) is 6.79 Å². The first kappa shape index (κ1) is 27.2. The van der Waals surface area contributed by atoms with Gasteiger partial charge in [0.25, 0.3) is 11.8 Å². The summed E-state index contributed by atoms with van der Waals surface area (Å²) in [5.74, 6) is -0.152. The zero-order chi connectivity index (χ0) is 28.6. The van der Waals surface area contributed by atoms with Crippen molar-refractivity contribution in [1.82, 2.24) is 10.7 Å². The third kappa shape index (κ3) is 7.17. The highest BCUT2D eigenvalue weighted by molar-refractivity contribution is 6.30. The SMILES string of the molecule is O=C(N/N=C\c1ccc(OC(=O)c2ccc(Cl)cc2)cc1)/C(=C\c1ccc2c(c1)OCO2)NC(=O)c1ccccc1. The minimum absolute atomic E-state index is 0.0284.